The second kappa shape index (κ2) is 7.00. The lowest BCUT2D eigenvalue weighted by molar-refractivity contribution is 0.362. The standard InChI is InChI=1S/C14H24N2O2S3/c1-11(2)15-8-12-7-13(9-20-12)21(17,18)16-10-14(19-3)5-4-6-14/h7,9,11,15-16H,4-6,8,10H2,1-3H3. The first-order valence-electron chi connectivity index (χ1n) is 7.22. The molecule has 0 aliphatic heterocycles. The maximum Gasteiger partial charge on any atom is 0.241 e. The Kier molecular flexibility index (Phi) is 5.76. The molecular weight excluding hydrogens is 324 g/mol. The average molecular weight is 349 g/mol. The highest BCUT2D eigenvalue weighted by atomic mass is 32.2. The summed E-state index contributed by atoms with van der Waals surface area (Å²) < 4.78 is 27.6. The van der Waals surface area contributed by atoms with E-state index in [-0.39, 0.29) is 4.75 Å². The van der Waals surface area contributed by atoms with Crippen molar-refractivity contribution < 1.29 is 8.42 Å². The molecule has 7 heteroatoms. The van der Waals surface area contributed by atoms with E-state index in [9.17, 15) is 8.42 Å². The van der Waals surface area contributed by atoms with Crippen LogP contribution in [0.15, 0.2) is 16.3 Å². The highest BCUT2D eigenvalue weighted by Gasteiger charge is 2.37. The van der Waals surface area contributed by atoms with E-state index in [1.807, 2.05) is 0 Å². The molecule has 1 aromatic rings. The molecule has 4 nitrogen and oxygen atoms in total. The molecule has 2 rings (SSSR count). The molecule has 1 aliphatic rings. The molecule has 0 spiro atoms. The van der Waals surface area contributed by atoms with Crippen LogP contribution in [0.1, 0.15) is 38.0 Å². The molecule has 0 unspecified atom stereocenters. The van der Waals surface area contributed by atoms with Gasteiger partial charge in [0, 0.05) is 34.1 Å². The molecule has 2 N–H and O–H groups in total. The summed E-state index contributed by atoms with van der Waals surface area (Å²) in [6, 6.07) is 2.17. The Morgan fingerprint density at radius 3 is 2.67 bits per heavy atom. The maximum absolute atomic E-state index is 12.4. The average Bonchev–Trinajstić information content (AvgIpc) is 2.85. The topological polar surface area (TPSA) is 58.2 Å². The van der Waals surface area contributed by atoms with Crippen molar-refractivity contribution in [2.24, 2.45) is 0 Å². The minimum Gasteiger partial charge on any atom is -0.310 e. The van der Waals surface area contributed by atoms with Crippen LogP contribution < -0.4 is 10.0 Å². The third-order valence-corrected chi connectivity index (χ3v) is 7.79. The van der Waals surface area contributed by atoms with Gasteiger partial charge in [0.15, 0.2) is 0 Å². The van der Waals surface area contributed by atoms with E-state index < -0.39 is 10.0 Å². The van der Waals surface area contributed by atoms with Gasteiger partial charge < -0.3 is 5.32 Å². The van der Waals surface area contributed by atoms with E-state index >= 15 is 0 Å². The molecular formula is C14H24N2O2S3. The molecule has 1 aliphatic carbocycles. The van der Waals surface area contributed by atoms with Gasteiger partial charge in [0.1, 0.15) is 0 Å². The lowest BCUT2D eigenvalue weighted by atomic mass is 9.84. The lowest BCUT2D eigenvalue weighted by Crippen LogP contribution is -2.45. The van der Waals surface area contributed by atoms with E-state index in [1.54, 1.807) is 23.2 Å². The number of thioether (sulfide) groups is 1. The third kappa shape index (κ3) is 4.45. The predicted octanol–water partition coefficient (Wildman–Crippen LogP) is 2.81. The van der Waals surface area contributed by atoms with Gasteiger partial charge in [-0.3, -0.25) is 0 Å². The SMILES string of the molecule is CSC1(CNS(=O)(=O)c2csc(CNC(C)C)c2)CCC1. The van der Waals surface area contributed by atoms with E-state index in [0.717, 1.165) is 17.7 Å². The van der Waals surface area contributed by atoms with Crippen LogP contribution >= 0.6 is 23.1 Å². The summed E-state index contributed by atoms with van der Waals surface area (Å²) in [7, 11) is -3.38. The van der Waals surface area contributed by atoms with Gasteiger partial charge in [0.05, 0.1) is 4.90 Å². The number of hydrogen-bond acceptors (Lipinski definition) is 5. The fourth-order valence-electron chi connectivity index (χ4n) is 2.23. The monoisotopic (exact) mass is 348 g/mol. The van der Waals surface area contributed by atoms with E-state index in [4.69, 9.17) is 0 Å². The first-order valence-corrected chi connectivity index (χ1v) is 10.8. The van der Waals surface area contributed by atoms with Crippen molar-refractivity contribution in [2.45, 2.75) is 55.3 Å². The molecule has 0 saturated heterocycles. The summed E-state index contributed by atoms with van der Waals surface area (Å²) in [4.78, 5) is 1.44. The fourth-order valence-corrected chi connectivity index (χ4v) is 5.59. The van der Waals surface area contributed by atoms with Crippen LogP contribution in [0, 0.1) is 0 Å². The van der Waals surface area contributed by atoms with Crippen molar-refractivity contribution in [3.63, 3.8) is 0 Å². The zero-order valence-corrected chi connectivity index (χ0v) is 15.3. The van der Waals surface area contributed by atoms with E-state index in [0.29, 0.717) is 24.0 Å². The second-order valence-corrected chi connectivity index (χ2v) is 9.89. The Labute approximate surface area is 136 Å². The Morgan fingerprint density at radius 1 is 1.43 bits per heavy atom. The summed E-state index contributed by atoms with van der Waals surface area (Å²) >= 11 is 3.27. The van der Waals surface area contributed by atoms with Gasteiger partial charge in [-0.2, -0.15) is 11.8 Å². The van der Waals surface area contributed by atoms with Crippen molar-refractivity contribution in [1.29, 1.82) is 0 Å². The normalized spacial score (nSPS) is 17.9. The van der Waals surface area contributed by atoms with Crippen molar-refractivity contribution in [2.75, 3.05) is 12.8 Å². The van der Waals surface area contributed by atoms with Crippen LogP contribution in [0.3, 0.4) is 0 Å². The lowest BCUT2D eigenvalue weighted by Gasteiger charge is -2.40. The fraction of sp³-hybridized carbons (Fsp3) is 0.714. The molecule has 21 heavy (non-hydrogen) atoms. The van der Waals surface area contributed by atoms with Crippen LogP contribution in [-0.2, 0) is 16.6 Å². The zero-order chi connectivity index (χ0) is 15.5. The smallest absolute Gasteiger partial charge is 0.241 e. The van der Waals surface area contributed by atoms with Crippen molar-refractivity contribution in [3.05, 3.63) is 16.3 Å². The van der Waals surface area contributed by atoms with Crippen LogP contribution in [0.25, 0.3) is 0 Å². The molecule has 1 fully saturated rings. The minimum atomic E-state index is -3.38. The first kappa shape index (κ1) is 17.3. The van der Waals surface area contributed by atoms with E-state index in [2.05, 4.69) is 30.1 Å². The minimum absolute atomic E-state index is 0.116. The van der Waals surface area contributed by atoms with Crippen LogP contribution in [-0.4, -0.2) is 32.0 Å². The van der Waals surface area contributed by atoms with Gasteiger partial charge in [-0.25, -0.2) is 13.1 Å². The van der Waals surface area contributed by atoms with Crippen molar-refractivity contribution in [3.8, 4) is 0 Å². The summed E-state index contributed by atoms with van der Waals surface area (Å²) in [5.74, 6) is 0. The molecule has 120 valence electrons. The van der Waals surface area contributed by atoms with Gasteiger partial charge >= 0.3 is 0 Å². The molecule has 0 atom stereocenters. The molecule has 0 aromatic carbocycles. The number of sulfonamides is 1. The number of hydrogen-bond donors (Lipinski definition) is 2. The molecule has 0 amide bonds. The molecule has 0 radical (unpaired) electrons. The van der Waals surface area contributed by atoms with Gasteiger partial charge in [-0.1, -0.05) is 20.3 Å². The Morgan fingerprint density at radius 2 is 2.14 bits per heavy atom. The third-order valence-electron chi connectivity index (χ3n) is 3.91. The Balaban J connectivity index is 1.96. The van der Waals surface area contributed by atoms with Crippen LogP contribution in [0.4, 0.5) is 0 Å². The van der Waals surface area contributed by atoms with Crippen LogP contribution in [0.5, 0.6) is 0 Å². The quantitative estimate of drug-likeness (QED) is 0.758. The van der Waals surface area contributed by atoms with Crippen molar-refractivity contribution >= 4 is 33.1 Å². The molecule has 1 aromatic heterocycles. The molecule has 1 heterocycles. The van der Waals surface area contributed by atoms with Gasteiger partial charge in [0.25, 0.3) is 0 Å². The highest BCUT2D eigenvalue weighted by Crippen LogP contribution is 2.42. The molecule has 0 bridgehead atoms. The van der Waals surface area contributed by atoms with Crippen LogP contribution in [0.2, 0.25) is 0 Å². The summed E-state index contributed by atoms with van der Waals surface area (Å²) in [6.07, 6.45) is 5.47. The Hall–Kier alpha value is -0.0800. The molecule has 1 saturated carbocycles. The largest absolute Gasteiger partial charge is 0.310 e. The number of thiophene rings is 1. The second-order valence-electron chi connectivity index (χ2n) is 5.85. The first-order chi connectivity index (χ1) is 9.87. The zero-order valence-electron chi connectivity index (χ0n) is 12.8. The summed E-state index contributed by atoms with van der Waals surface area (Å²) in [5.41, 5.74) is 0. The highest BCUT2D eigenvalue weighted by molar-refractivity contribution is 8.00. The number of nitrogens with one attached hydrogen (secondary N) is 2. The van der Waals surface area contributed by atoms with Crippen molar-refractivity contribution in [1.82, 2.24) is 10.0 Å². The predicted molar refractivity (Wildman–Crippen MR) is 91.6 cm³/mol. The van der Waals surface area contributed by atoms with Gasteiger partial charge in [-0.15, -0.1) is 11.3 Å². The van der Waals surface area contributed by atoms with E-state index in [1.165, 1.54) is 17.8 Å². The summed E-state index contributed by atoms with van der Waals surface area (Å²) in [5, 5.41) is 5.03. The maximum atomic E-state index is 12.4. The number of rotatable bonds is 8. The Bertz CT molecular complexity index is 557. The van der Waals surface area contributed by atoms with Gasteiger partial charge in [-0.05, 0) is 25.2 Å². The summed E-state index contributed by atoms with van der Waals surface area (Å²) in [6.45, 7) is 5.40. The van der Waals surface area contributed by atoms with Gasteiger partial charge in [0.2, 0.25) is 10.0 Å².